The summed E-state index contributed by atoms with van der Waals surface area (Å²) in [4.78, 5) is 12.7. The van der Waals surface area contributed by atoms with Crippen molar-refractivity contribution in [3.8, 4) is 5.88 Å². The first-order valence-electron chi connectivity index (χ1n) is 6.43. The molecule has 0 aromatic carbocycles. The minimum atomic E-state index is 0.552. The van der Waals surface area contributed by atoms with Crippen LogP contribution in [0.2, 0.25) is 0 Å². The number of pyridine rings is 1. The minimum absolute atomic E-state index is 0.552. The Hall–Kier alpha value is -2.01. The van der Waals surface area contributed by atoms with E-state index in [1.807, 2.05) is 18.2 Å². The Balaban J connectivity index is 1.82. The highest BCUT2D eigenvalue weighted by molar-refractivity contribution is 5.09. The lowest BCUT2D eigenvalue weighted by atomic mass is 10.3. The monoisotopic (exact) mass is 258 g/mol. The van der Waals surface area contributed by atoms with Gasteiger partial charge in [-0.05, 0) is 18.7 Å². The zero-order valence-corrected chi connectivity index (χ0v) is 11.0. The second-order valence-corrected chi connectivity index (χ2v) is 4.05. The summed E-state index contributed by atoms with van der Waals surface area (Å²) in [7, 11) is 0. The molecule has 2 aromatic heterocycles. The van der Waals surface area contributed by atoms with E-state index in [9.17, 15) is 0 Å². The maximum atomic E-state index is 5.59. The third-order valence-electron chi connectivity index (χ3n) is 2.55. The van der Waals surface area contributed by atoms with Gasteiger partial charge in [0.1, 0.15) is 0 Å². The Morgan fingerprint density at radius 3 is 2.95 bits per heavy atom. The zero-order chi connectivity index (χ0) is 13.3. The van der Waals surface area contributed by atoms with Crippen LogP contribution in [0.5, 0.6) is 5.88 Å². The van der Waals surface area contributed by atoms with E-state index >= 15 is 0 Å². The Labute approximate surface area is 113 Å². The van der Waals surface area contributed by atoms with Crippen molar-refractivity contribution < 1.29 is 4.74 Å². The van der Waals surface area contributed by atoms with Crippen molar-refractivity contribution in [1.29, 1.82) is 0 Å². The van der Waals surface area contributed by atoms with Gasteiger partial charge in [0.05, 0.1) is 18.5 Å². The van der Waals surface area contributed by atoms with Crippen molar-refractivity contribution in [2.45, 2.75) is 19.9 Å². The number of hydrogen-bond donors (Lipinski definition) is 1. The van der Waals surface area contributed by atoms with Gasteiger partial charge >= 0.3 is 0 Å². The first kappa shape index (κ1) is 13.4. The highest BCUT2D eigenvalue weighted by atomic mass is 16.5. The Bertz CT molecular complexity index is 490. The van der Waals surface area contributed by atoms with Crippen molar-refractivity contribution in [1.82, 2.24) is 20.3 Å². The lowest BCUT2D eigenvalue weighted by Gasteiger charge is -2.06. The van der Waals surface area contributed by atoms with Crippen LogP contribution in [0.25, 0.3) is 0 Å². The lowest BCUT2D eigenvalue weighted by Crippen LogP contribution is -2.13. The fraction of sp³-hybridized carbons (Fsp3) is 0.357. The third kappa shape index (κ3) is 4.63. The molecule has 0 radical (unpaired) electrons. The molecule has 1 N–H and O–H groups in total. The van der Waals surface area contributed by atoms with Gasteiger partial charge in [-0.15, -0.1) is 0 Å². The van der Waals surface area contributed by atoms with Crippen LogP contribution in [0.1, 0.15) is 18.3 Å². The van der Waals surface area contributed by atoms with Crippen LogP contribution in [-0.4, -0.2) is 28.1 Å². The van der Waals surface area contributed by atoms with E-state index in [-0.39, 0.29) is 0 Å². The molecule has 0 aliphatic heterocycles. The SMILES string of the molecule is CCNCc1cncc(OCCc2ccccn2)n1. The fourth-order valence-corrected chi connectivity index (χ4v) is 1.60. The van der Waals surface area contributed by atoms with Crippen LogP contribution < -0.4 is 10.1 Å². The summed E-state index contributed by atoms with van der Waals surface area (Å²) in [5.74, 6) is 0.561. The summed E-state index contributed by atoms with van der Waals surface area (Å²) in [5.41, 5.74) is 1.90. The summed E-state index contributed by atoms with van der Waals surface area (Å²) < 4.78 is 5.59. The van der Waals surface area contributed by atoms with Gasteiger partial charge in [0.15, 0.2) is 0 Å². The van der Waals surface area contributed by atoms with Crippen LogP contribution in [0.3, 0.4) is 0 Å². The van der Waals surface area contributed by atoms with Crippen molar-refractivity contribution in [2.24, 2.45) is 0 Å². The summed E-state index contributed by atoms with van der Waals surface area (Å²) in [5, 5.41) is 3.21. The molecule has 0 fully saturated rings. The fourth-order valence-electron chi connectivity index (χ4n) is 1.60. The molecule has 0 unspecified atom stereocenters. The summed E-state index contributed by atoms with van der Waals surface area (Å²) in [6.07, 6.45) is 5.92. The summed E-state index contributed by atoms with van der Waals surface area (Å²) in [6, 6.07) is 5.86. The Morgan fingerprint density at radius 2 is 2.16 bits per heavy atom. The van der Waals surface area contributed by atoms with Crippen LogP contribution in [0.15, 0.2) is 36.8 Å². The smallest absolute Gasteiger partial charge is 0.232 e. The lowest BCUT2D eigenvalue weighted by molar-refractivity contribution is 0.305. The molecule has 2 heterocycles. The Morgan fingerprint density at radius 1 is 1.21 bits per heavy atom. The van der Waals surface area contributed by atoms with Crippen molar-refractivity contribution in [2.75, 3.05) is 13.2 Å². The van der Waals surface area contributed by atoms with Gasteiger partial charge in [0.25, 0.3) is 0 Å². The molecular weight excluding hydrogens is 240 g/mol. The zero-order valence-electron chi connectivity index (χ0n) is 11.0. The first-order valence-corrected chi connectivity index (χ1v) is 6.43. The largest absolute Gasteiger partial charge is 0.476 e. The third-order valence-corrected chi connectivity index (χ3v) is 2.55. The highest BCUT2D eigenvalue weighted by Crippen LogP contribution is 2.06. The highest BCUT2D eigenvalue weighted by Gasteiger charge is 2.00. The molecule has 0 saturated carbocycles. The molecule has 100 valence electrons. The standard InChI is InChI=1S/C14H18N4O/c1-2-15-9-13-10-16-11-14(18-13)19-8-6-12-5-3-4-7-17-12/h3-5,7,10-11,15H,2,6,8-9H2,1H3. The maximum absolute atomic E-state index is 5.59. The summed E-state index contributed by atoms with van der Waals surface area (Å²) >= 11 is 0. The van der Waals surface area contributed by atoms with Crippen molar-refractivity contribution in [3.63, 3.8) is 0 Å². The van der Waals surface area contributed by atoms with E-state index in [1.54, 1.807) is 18.6 Å². The van der Waals surface area contributed by atoms with E-state index in [0.29, 0.717) is 19.0 Å². The van der Waals surface area contributed by atoms with Crippen LogP contribution >= 0.6 is 0 Å². The molecule has 0 atom stereocenters. The molecule has 0 bridgehead atoms. The summed E-state index contributed by atoms with van der Waals surface area (Å²) in [6.45, 7) is 4.23. The normalized spacial score (nSPS) is 10.4. The molecule has 0 amide bonds. The van der Waals surface area contributed by atoms with Crippen molar-refractivity contribution >= 4 is 0 Å². The predicted octanol–water partition coefficient (Wildman–Crippen LogP) is 1.60. The van der Waals surface area contributed by atoms with Crippen molar-refractivity contribution in [3.05, 3.63) is 48.2 Å². The first-order chi connectivity index (χ1) is 9.38. The van der Waals surface area contributed by atoms with E-state index < -0.39 is 0 Å². The average Bonchev–Trinajstić information content (AvgIpc) is 2.47. The second-order valence-electron chi connectivity index (χ2n) is 4.05. The molecule has 5 heteroatoms. The average molecular weight is 258 g/mol. The minimum Gasteiger partial charge on any atom is -0.476 e. The molecule has 5 nitrogen and oxygen atoms in total. The number of nitrogens with one attached hydrogen (secondary N) is 1. The molecule has 0 spiro atoms. The Kier molecular flexibility index (Phi) is 5.25. The second kappa shape index (κ2) is 7.43. The van der Waals surface area contributed by atoms with E-state index in [1.165, 1.54) is 0 Å². The van der Waals surface area contributed by atoms with Gasteiger partial charge in [-0.25, -0.2) is 4.98 Å². The number of rotatable bonds is 7. The van der Waals surface area contributed by atoms with Crippen LogP contribution in [0.4, 0.5) is 0 Å². The number of aromatic nitrogens is 3. The van der Waals surface area contributed by atoms with Gasteiger partial charge in [-0.2, -0.15) is 0 Å². The molecule has 0 aliphatic rings. The topological polar surface area (TPSA) is 59.9 Å². The number of nitrogens with zero attached hydrogens (tertiary/aromatic N) is 3. The van der Waals surface area contributed by atoms with Gasteiger partial charge in [-0.1, -0.05) is 13.0 Å². The number of hydrogen-bond acceptors (Lipinski definition) is 5. The van der Waals surface area contributed by atoms with E-state index in [2.05, 4.69) is 27.2 Å². The van der Waals surface area contributed by atoms with Gasteiger partial charge in [-0.3, -0.25) is 9.97 Å². The van der Waals surface area contributed by atoms with Crippen LogP contribution in [-0.2, 0) is 13.0 Å². The quantitative estimate of drug-likeness (QED) is 0.817. The van der Waals surface area contributed by atoms with Gasteiger partial charge in [0, 0.05) is 31.1 Å². The predicted molar refractivity (Wildman–Crippen MR) is 72.8 cm³/mol. The maximum Gasteiger partial charge on any atom is 0.232 e. The molecular formula is C14H18N4O. The van der Waals surface area contributed by atoms with E-state index in [4.69, 9.17) is 4.74 Å². The van der Waals surface area contributed by atoms with Crippen LogP contribution in [0, 0.1) is 0 Å². The van der Waals surface area contributed by atoms with E-state index in [0.717, 1.165) is 24.4 Å². The van der Waals surface area contributed by atoms with Gasteiger partial charge in [0.2, 0.25) is 5.88 Å². The molecule has 2 rings (SSSR count). The molecule has 19 heavy (non-hydrogen) atoms. The van der Waals surface area contributed by atoms with Gasteiger partial charge < -0.3 is 10.1 Å². The molecule has 2 aromatic rings. The number of ether oxygens (including phenoxy) is 1. The molecule has 0 aliphatic carbocycles. The molecule has 0 saturated heterocycles.